The molecule has 0 spiro atoms. The van der Waals surface area contributed by atoms with Gasteiger partial charge in [0.2, 0.25) is 0 Å². The number of amides is 1. The van der Waals surface area contributed by atoms with Crippen molar-refractivity contribution in [1.82, 2.24) is 10.3 Å². The zero-order valence-corrected chi connectivity index (χ0v) is 11.0. The van der Waals surface area contributed by atoms with E-state index in [1.54, 1.807) is 6.07 Å². The first-order valence-corrected chi connectivity index (χ1v) is 6.43. The van der Waals surface area contributed by atoms with E-state index >= 15 is 0 Å². The van der Waals surface area contributed by atoms with Gasteiger partial charge in [0.15, 0.2) is 0 Å². The number of nitrogens with one attached hydrogen (secondary N) is 2. The van der Waals surface area contributed by atoms with Crippen molar-refractivity contribution in [2.24, 2.45) is 0 Å². The van der Waals surface area contributed by atoms with Crippen LogP contribution in [0.5, 0.6) is 0 Å². The fourth-order valence-corrected chi connectivity index (χ4v) is 2.13. The van der Waals surface area contributed by atoms with Crippen molar-refractivity contribution in [2.45, 2.75) is 6.54 Å². The van der Waals surface area contributed by atoms with E-state index in [9.17, 15) is 13.6 Å². The van der Waals surface area contributed by atoms with Crippen LogP contribution >= 0.6 is 0 Å². The van der Waals surface area contributed by atoms with Crippen molar-refractivity contribution in [3.05, 3.63) is 71.4 Å². The smallest absolute Gasteiger partial charge is 0.267 e. The number of aromatic amines is 1. The molecule has 21 heavy (non-hydrogen) atoms. The Kier molecular flexibility index (Phi) is 3.39. The minimum absolute atomic E-state index is 0.000309. The van der Waals surface area contributed by atoms with E-state index in [1.165, 1.54) is 6.07 Å². The summed E-state index contributed by atoms with van der Waals surface area (Å²) in [5.41, 5.74) is 1.50. The van der Waals surface area contributed by atoms with Crippen molar-refractivity contribution in [3.63, 3.8) is 0 Å². The summed E-state index contributed by atoms with van der Waals surface area (Å²) in [5, 5.41) is 3.53. The molecular weight excluding hydrogens is 274 g/mol. The first kappa shape index (κ1) is 13.3. The average molecular weight is 286 g/mol. The number of aromatic nitrogens is 1. The number of halogens is 2. The lowest BCUT2D eigenvalue weighted by atomic mass is 10.2. The second kappa shape index (κ2) is 5.36. The van der Waals surface area contributed by atoms with Crippen LogP contribution in [0.25, 0.3) is 10.9 Å². The predicted octanol–water partition coefficient (Wildman–Crippen LogP) is 3.38. The summed E-state index contributed by atoms with van der Waals surface area (Å²) in [6, 6.07) is 12.5. The lowest BCUT2D eigenvalue weighted by Crippen LogP contribution is -2.23. The Morgan fingerprint density at radius 1 is 1.10 bits per heavy atom. The minimum atomic E-state index is -0.674. The van der Waals surface area contributed by atoms with E-state index in [-0.39, 0.29) is 18.0 Å². The van der Waals surface area contributed by atoms with Gasteiger partial charge in [0.25, 0.3) is 5.91 Å². The Labute approximate surface area is 119 Å². The van der Waals surface area contributed by atoms with E-state index in [4.69, 9.17) is 0 Å². The number of para-hydroxylation sites is 1. The number of hydrogen-bond acceptors (Lipinski definition) is 1. The second-order valence-corrected chi connectivity index (χ2v) is 4.69. The van der Waals surface area contributed by atoms with Gasteiger partial charge in [-0.15, -0.1) is 0 Å². The highest BCUT2D eigenvalue weighted by Gasteiger charge is 2.10. The van der Waals surface area contributed by atoms with E-state index in [0.29, 0.717) is 5.69 Å². The molecule has 3 nitrogen and oxygen atoms in total. The highest BCUT2D eigenvalue weighted by molar-refractivity contribution is 5.97. The molecule has 0 radical (unpaired) electrons. The number of carbonyl (C=O) groups is 1. The number of rotatable bonds is 3. The molecule has 2 N–H and O–H groups in total. The number of H-pyrrole nitrogens is 1. The summed E-state index contributed by atoms with van der Waals surface area (Å²) in [7, 11) is 0. The maximum Gasteiger partial charge on any atom is 0.267 e. The van der Waals surface area contributed by atoms with Gasteiger partial charge >= 0.3 is 0 Å². The van der Waals surface area contributed by atoms with Crippen molar-refractivity contribution >= 4 is 16.8 Å². The topological polar surface area (TPSA) is 44.9 Å². The summed E-state index contributed by atoms with van der Waals surface area (Å²) in [6.45, 7) is 0.000309. The standard InChI is InChI=1S/C16H12F2N2O/c17-12-6-5-11(13(18)8-12)9-19-16(21)15-7-10-3-1-2-4-14(10)20-15/h1-8,20H,9H2,(H,19,21). The first-order chi connectivity index (χ1) is 10.1. The summed E-state index contributed by atoms with van der Waals surface area (Å²) < 4.78 is 26.3. The first-order valence-electron chi connectivity index (χ1n) is 6.43. The molecular formula is C16H12F2N2O. The molecule has 0 atom stereocenters. The Balaban J connectivity index is 1.74. The van der Waals surface area contributed by atoms with E-state index < -0.39 is 11.6 Å². The molecule has 0 saturated carbocycles. The SMILES string of the molecule is O=C(NCc1ccc(F)cc1F)c1cc2ccccc2[nH]1. The van der Waals surface area contributed by atoms with Crippen LogP contribution in [0.1, 0.15) is 16.1 Å². The van der Waals surface area contributed by atoms with Gasteiger partial charge in [0, 0.05) is 29.1 Å². The van der Waals surface area contributed by atoms with Gasteiger partial charge in [-0.25, -0.2) is 8.78 Å². The molecule has 0 aliphatic carbocycles. The van der Waals surface area contributed by atoms with Gasteiger partial charge in [-0.2, -0.15) is 0 Å². The highest BCUT2D eigenvalue weighted by Crippen LogP contribution is 2.15. The molecule has 2 aromatic carbocycles. The van der Waals surface area contributed by atoms with Gasteiger partial charge in [-0.05, 0) is 18.2 Å². The zero-order chi connectivity index (χ0) is 14.8. The summed E-state index contributed by atoms with van der Waals surface area (Å²) in [6.07, 6.45) is 0. The van der Waals surface area contributed by atoms with Gasteiger partial charge in [0.1, 0.15) is 17.3 Å². The van der Waals surface area contributed by atoms with Crippen LogP contribution in [0, 0.1) is 11.6 Å². The number of hydrogen-bond donors (Lipinski definition) is 2. The summed E-state index contributed by atoms with van der Waals surface area (Å²) >= 11 is 0. The molecule has 1 aromatic heterocycles. The van der Waals surface area contributed by atoms with Crippen LogP contribution in [0.2, 0.25) is 0 Å². The van der Waals surface area contributed by atoms with E-state index in [1.807, 2.05) is 24.3 Å². The molecule has 0 fully saturated rings. The normalized spacial score (nSPS) is 10.8. The molecule has 0 unspecified atom stereocenters. The van der Waals surface area contributed by atoms with Gasteiger partial charge < -0.3 is 10.3 Å². The van der Waals surface area contributed by atoms with Crippen LogP contribution in [0.3, 0.4) is 0 Å². The molecule has 3 aromatic rings. The number of carbonyl (C=O) groups excluding carboxylic acids is 1. The van der Waals surface area contributed by atoms with E-state index in [0.717, 1.165) is 23.0 Å². The molecule has 3 rings (SSSR count). The predicted molar refractivity (Wildman–Crippen MR) is 75.8 cm³/mol. The molecule has 0 bridgehead atoms. The van der Waals surface area contributed by atoms with Crippen LogP contribution in [0.4, 0.5) is 8.78 Å². The molecule has 106 valence electrons. The Morgan fingerprint density at radius 2 is 1.90 bits per heavy atom. The molecule has 5 heteroatoms. The van der Waals surface area contributed by atoms with Crippen LogP contribution in [0.15, 0.2) is 48.5 Å². The Hall–Kier alpha value is -2.69. The molecule has 1 heterocycles. The molecule has 1 amide bonds. The third kappa shape index (κ3) is 2.76. The Morgan fingerprint density at radius 3 is 2.67 bits per heavy atom. The minimum Gasteiger partial charge on any atom is -0.351 e. The fourth-order valence-electron chi connectivity index (χ4n) is 2.13. The van der Waals surface area contributed by atoms with Crippen LogP contribution in [-0.2, 0) is 6.54 Å². The molecule has 0 saturated heterocycles. The largest absolute Gasteiger partial charge is 0.351 e. The lowest BCUT2D eigenvalue weighted by molar-refractivity contribution is 0.0946. The highest BCUT2D eigenvalue weighted by atomic mass is 19.1. The van der Waals surface area contributed by atoms with Gasteiger partial charge in [-0.3, -0.25) is 4.79 Å². The number of fused-ring (bicyclic) bond motifs is 1. The Bertz CT molecular complexity index is 778. The second-order valence-electron chi connectivity index (χ2n) is 4.69. The molecule has 0 aliphatic rings. The van der Waals surface area contributed by atoms with Crippen molar-refractivity contribution in [3.8, 4) is 0 Å². The van der Waals surface area contributed by atoms with Crippen LogP contribution < -0.4 is 5.32 Å². The zero-order valence-electron chi connectivity index (χ0n) is 11.0. The average Bonchev–Trinajstić information content (AvgIpc) is 2.90. The molecule has 0 aliphatic heterocycles. The monoisotopic (exact) mass is 286 g/mol. The number of benzene rings is 2. The fraction of sp³-hybridized carbons (Fsp3) is 0.0625. The van der Waals surface area contributed by atoms with Crippen molar-refractivity contribution < 1.29 is 13.6 Å². The van der Waals surface area contributed by atoms with Gasteiger partial charge in [-0.1, -0.05) is 24.3 Å². The summed E-state index contributed by atoms with van der Waals surface area (Å²) in [4.78, 5) is 15.0. The van der Waals surface area contributed by atoms with Crippen LogP contribution in [-0.4, -0.2) is 10.9 Å². The quantitative estimate of drug-likeness (QED) is 0.761. The lowest BCUT2D eigenvalue weighted by Gasteiger charge is -2.05. The van der Waals surface area contributed by atoms with Crippen molar-refractivity contribution in [1.29, 1.82) is 0 Å². The third-order valence-electron chi connectivity index (χ3n) is 3.23. The summed E-state index contributed by atoms with van der Waals surface area (Å²) in [5.74, 6) is -1.65. The van der Waals surface area contributed by atoms with Crippen molar-refractivity contribution in [2.75, 3.05) is 0 Å². The maximum absolute atomic E-state index is 13.5. The third-order valence-corrected chi connectivity index (χ3v) is 3.23. The van der Waals surface area contributed by atoms with Gasteiger partial charge in [0.05, 0.1) is 0 Å². The maximum atomic E-state index is 13.5. The van der Waals surface area contributed by atoms with E-state index in [2.05, 4.69) is 10.3 Å².